The van der Waals surface area contributed by atoms with Gasteiger partial charge in [0, 0.05) is 35.3 Å². The molecule has 2 heterocycles. The predicted octanol–water partition coefficient (Wildman–Crippen LogP) is 5.26. The summed E-state index contributed by atoms with van der Waals surface area (Å²) in [7, 11) is 1.67. The first-order chi connectivity index (χ1) is 15.2. The lowest BCUT2D eigenvalue weighted by atomic mass is 10.0. The second kappa shape index (κ2) is 7.76. The number of aromatic amines is 1. The number of nitrogens with zero attached hydrogens (tertiary/aromatic N) is 2. The number of fused-ring (bicyclic) bond motifs is 3. The first kappa shape index (κ1) is 19.1. The number of ether oxygens (including phenoxy) is 1. The van der Waals surface area contributed by atoms with Crippen LogP contribution in [0.1, 0.15) is 21.9 Å². The van der Waals surface area contributed by atoms with Crippen LogP contribution in [0.25, 0.3) is 22.4 Å². The minimum Gasteiger partial charge on any atom is -0.496 e. The molecule has 1 aromatic heterocycles. The molecule has 0 fully saturated rings. The van der Waals surface area contributed by atoms with E-state index in [9.17, 15) is 4.79 Å². The number of amides is 1. The number of benzene rings is 3. The summed E-state index contributed by atoms with van der Waals surface area (Å²) < 4.78 is 5.47. The van der Waals surface area contributed by atoms with E-state index in [1.807, 2.05) is 84.6 Å². The van der Waals surface area contributed by atoms with E-state index in [0.29, 0.717) is 12.1 Å². The summed E-state index contributed by atoms with van der Waals surface area (Å²) in [5, 5.41) is 0. The summed E-state index contributed by atoms with van der Waals surface area (Å²) in [6.07, 6.45) is 0.732. The van der Waals surface area contributed by atoms with Gasteiger partial charge in [-0.15, -0.1) is 0 Å². The minimum absolute atomic E-state index is 0.0131. The number of nitrogens with one attached hydrogen (secondary N) is 1. The van der Waals surface area contributed by atoms with Gasteiger partial charge in [0.05, 0.1) is 18.5 Å². The van der Waals surface area contributed by atoms with Crippen LogP contribution < -0.4 is 9.64 Å². The Hall–Kier alpha value is -3.86. The van der Waals surface area contributed by atoms with Crippen LogP contribution in [-0.4, -0.2) is 29.5 Å². The van der Waals surface area contributed by atoms with Crippen LogP contribution in [-0.2, 0) is 6.42 Å². The Morgan fingerprint density at radius 3 is 2.45 bits per heavy atom. The maximum atomic E-state index is 13.5. The highest BCUT2D eigenvalue weighted by molar-refractivity contribution is 6.08. The molecule has 0 radical (unpaired) electrons. The van der Waals surface area contributed by atoms with Crippen LogP contribution in [0.3, 0.4) is 0 Å². The van der Waals surface area contributed by atoms with Crippen molar-refractivity contribution in [1.29, 1.82) is 0 Å². The first-order valence-corrected chi connectivity index (χ1v) is 10.4. The van der Waals surface area contributed by atoms with E-state index in [1.54, 1.807) is 7.11 Å². The molecule has 1 aliphatic heterocycles. The van der Waals surface area contributed by atoms with Gasteiger partial charge in [0.15, 0.2) is 0 Å². The van der Waals surface area contributed by atoms with Gasteiger partial charge >= 0.3 is 0 Å². The molecule has 0 atom stereocenters. The average molecular weight is 409 g/mol. The topological polar surface area (TPSA) is 58.2 Å². The number of carbonyl (C=O) groups excluding carboxylic acids is 1. The van der Waals surface area contributed by atoms with Crippen molar-refractivity contribution in [3.8, 4) is 28.1 Å². The fraction of sp³-hybridized carbons (Fsp3) is 0.154. The van der Waals surface area contributed by atoms with Crippen LogP contribution in [0.4, 0.5) is 5.69 Å². The summed E-state index contributed by atoms with van der Waals surface area (Å²) in [4.78, 5) is 23.4. The third-order valence-electron chi connectivity index (χ3n) is 5.73. The number of aromatic nitrogens is 2. The first-order valence-electron chi connectivity index (χ1n) is 10.4. The maximum absolute atomic E-state index is 13.5. The molecule has 0 spiro atoms. The SMILES string of the molecule is COc1ccccc1-c1ccc(C(=O)N2CCc3[nH]c(C)nc3-c3ccccc32)cc1. The smallest absolute Gasteiger partial charge is 0.258 e. The Bertz CT molecular complexity index is 1260. The highest BCUT2D eigenvalue weighted by atomic mass is 16.5. The molecule has 0 unspecified atom stereocenters. The van der Waals surface area contributed by atoms with Crippen LogP contribution in [0, 0.1) is 6.92 Å². The number of rotatable bonds is 3. The lowest BCUT2D eigenvalue weighted by Gasteiger charge is -2.23. The van der Waals surface area contributed by atoms with Crippen LogP contribution in [0.5, 0.6) is 5.75 Å². The number of hydrogen-bond acceptors (Lipinski definition) is 3. The monoisotopic (exact) mass is 409 g/mol. The van der Waals surface area contributed by atoms with Crippen LogP contribution in [0.15, 0.2) is 72.8 Å². The van der Waals surface area contributed by atoms with Gasteiger partial charge < -0.3 is 14.6 Å². The quantitative estimate of drug-likeness (QED) is 0.502. The van der Waals surface area contributed by atoms with Gasteiger partial charge in [-0.2, -0.15) is 0 Å². The van der Waals surface area contributed by atoms with Gasteiger partial charge in [0.25, 0.3) is 5.91 Å². The van der Waals surface area contributed by atoms with E-state index in [-0.39, 0.29) is 5.91 Å². The van der Waals surface area contributed by atoms with E-state index < -0.39 is 0 Å². The summed E-state index contributed by atoms with van der Waals surface area (Å²) in [6, 6.07) is 23.6. The molecule has 3 aromatic carbocycles. The van der Waals surface area contributed by atoms with E-state index >= 15 is 0 Å². The Morgan fingerprint density at radius 2 is 1.68 bits per heavy atom. The van der Waals surface area contributed by atoms with Gasteiger partial charge in [-0.25, -0.2) is 4.98 Å². The number of hydrogen-bond donors (Lipinski definition) is 1. The number of para-hydroxylation sites is 2. The summed E-state index contributed by atoms with van der Waals surface area (Å²) in [5.41, 5.74) is 6.57. The van der Waals surface area contributed by atoms with Crippen molar-refractivity contribution in [3.05, 3.63) is 89.9 Å². The number of carbonyl (C=O) groups is 1. The highest BCUT2D eigenvalue weighted by Gasteiger charge is 2.26. The number of aryl methyl sites for hydroxylation is 1. The van der Waals surface area contributed by atoms with Crippen molar-refractivity contribution in [2.45, 2.75) is 13.3 Å². The summed E-state index contributed by atoms with van der Waals surface area (Å²) >= 11 is 0. The van der Waals surface area contributed by atoms with E-state index in [2.05, 4.69) is 9.97 Å². The molecule has 0 aliphatic carbocycles. The zero-order chi connectivity index (χ0) is 21.4. The van der Waals surface area contributed by atoms with Crippen molar-refractivity contribution < 1.29 is 9.53 Å². The van der Waals surface area contributed by atoms with E-state index in [4.69, 9.17) is 4.74 Å². The Morgan fingerprint density at radius 1 is 0.968 bits per heavy atom. The second-order valence-electron chi connectivity index (χ2n) is 7.65. The summed E-state index contributed by atoms with van der Waals surface area (Å²) in [6.45, 7) is 2.56. The number of H-pyrrole nitrogens is 1. The molecule has 0 bridgehead atoms. The molecule has 1 aliphatic rings. The zero-order valence-electron chi connectivity index (χ0n) is 17.6. The average Bonchev–Trinajstić information content (AvgIpc) is 3.12. The molecule has 31 heavy (non-hydrogen) atoms. The number of anilines is 1. The van der Waals surface area contributed by atoms with Crippen LogP contribution >= 0.6 is 0 Å². The van der Waals surface area contributed by atoms with Crippen molar-refractivity contribution in [2.24, 2.45) is 0 Å². The zero-order valence-corrected chi connectivity index (χ0v) is 17.6. The Balaban J connectivity index is 1.49. The molecule has 0 saturated heterocycles. The standard InChI is InChI=1S/C26H23N3O2/c1-17-27-22-15-16-29(23-9-5-3-8-21(23)25(22)28-17)26(30)19-13-11-18(12-14-19)20-7-4-6-10-24(20)31-2/h3-14H,15-16H2,1-2H3,(H,27,28). The van der Waals surface area contributed by atoms with Gasteiger partial charge in [-0.3, -0.25) is 4.79 Å². The largest absolute Gasteiger partial charge is 0.496 e. The van der Waals surface area contributed by atoms with Gasteiger partial charge in [0.2, 0.25) is 0 Å². The van der Waals surface area contributed by atoms with E-state index in [0.717, 1.165) is 51.8 Å². The molecule has 5 nitrogen and oxygen atoms in total. The lowest BCUT2D eigenvalue weighted by molar-refractivity contribution is 0.0987. The predicted molar refractivity (Wildman–Crippen MR) is 123 cm³/mol. The van der Waals surface area contributed by atoms with Crippen LogP contribution in [0.2, 0.25) is 0 Å². The van der Waals surface area contributed by atoms with Gasteiger partial charge in [-0.05, 0) is 36.8 Å². The van der Waals surface area contributed by atoms with Gasteiger partial charge in [-0.1, -0.05) is 48.5 Å². The third-order valence-corrected chi connectivity index (χ3v) is 5.73. The lowest BCUT2D eigenvalue weighted by Crippen LogP contribution is -2.32. The van der Waals surface area contributed by atoms with Crippen molar-refractivity contribution >= 4 is 11.6 Å². The fourth-order valence-corrected chi connectivity index (χ4v) is 4.24. The third kappa shape index (κ3) is 3.38. The Labute approximate surface area is 181 Å². The number of methoxy groups -OCH3 is 1. The molecule has 5 heteroatoms. The summed E-state index contributed by atoms with van der Waals surface area (Å²) in [5.74, 6) is 1.69. The second-order valence-corrected chi connectivity index (χ2v) is 7.65. The molecule has 1 N–H and O–H groups in total. The molecule has 1 amide bonds. The number of imidazole rings is 1. The van der Waals surface area contributed by atoms with Gasteiger partial charge in [0.1, 0.15) is 11.6 Å². The van der Waals surface area contributed by atoms with Crippen molar-refractivity contribution in [1.82, 2.24) is 9.97 Å². The van der Waals surface area contributed by atoms with E-state index in [1.165, 1.54) is 0 Å². The fourth-order valence-electron chi connectivity index (χ4n) is 4.24. The van der Waals surface area contributed by atoms with Crippen molar-refractivity contribution in [3.63, 3.8) is 0 Å². The molecule has 0 saturated carbocycles. The maximum Gasteiger partial charge on any atom is 0.258 e. The van der Waals surface area contributed by atoms with Crippen molar-refractivity contribution in [2.75, 3.05) is 18.6 Å². The molecule has 4 aromatic rings. The molecular weight excluding hydrogens is 386 g/mol. The Kier molecular flexibility index (Phi) is 4.79. The minimum atomic E-state index is -0.0131. The molecule has 154 valence electrons. The molecular formula is C26H23N3O2. The molecule has 5 rings (SSSR count). The highest BCUT2D eigenvalue weighted by Crippen LogP contribution is 2.36. The normalized spacial score (nSPS) is 12.6.